The molecular formula is C20H25NO4. The van der Waals surface area contributed by atoms with Crippen LogP contribution < -0.4 is 14.8 Å². The maximum Gasteiger partial charge on any atom is 0.224 e. The molecule has 2 aromatic carbocycles. The van der Waals surface area contributed by atoms with Gasteiger partial charge in [0.25, 0.3) is 0 Å². The highest BCUT2D eigenvalue weighted by atomic mass is 16.5. The highest BCUT2D eigenvalue weighted by Gasteiger charge is 2.13. The second-order valence-electron chi connectivity index (χ2n) is 5.56. The average molecular weight is 343 g/mol. The average Bonchev–Trinajstić information content (AvgIpc) is 2.64. The monoisotopic (exact) mass is 343 g/mol. The number of ether oxygens (including phenoxy) is 3. The summed E-state index contributed by atoms with van der Waals surface area (Å²) in [5, 5.41) is 2.92. The first-order valence-electron chi connectivity index (χ1n) is 8.31. The van der Waals surface area contributed by atoms with Crippen molar-refractivity contribution in [2.45, 2.75) is 19.4 Å². The molecule has 0 fully saturated rings. The summed E-state index contributed by atoms with van der Waals surface area (Å²) < 4.78 is 16.1. The van der Waals surface area contributed by atoms with Crippen molar-refractivity contribution >= 4 is 5.91 Å². The molecule has 2 rings (SSSR count). The second-order valence-corrected chi connectivity index (χ2v) is 5.56. The molecule has 5 heteroatoms. The van der Waals surface area contributed by atoms with Crippen LogP contribution in [0, 0.1) is 0 Å². The summed E-state index contributed by atoms with van der Waals surface area (Å²) in [4.78, 5) is 12.2. The number of amides is 1. The van der Waals surface area contributed by atoms with Gasteiger partial charge in [0.05, 0.1) is 26.2 Å². The third-order valence-corrected chi connectivity index (χ3v) is 3.83. The van der Waals surface area contributed by atoms with E-state index in [-0.39, 0.29) is 12.0 Å². The van der Waals surface area contributed by atoms with Gasteiger partial charge in [0.2, 0.25) is 5.91 Å². The van der Waals surface area contributed by atoms with Crippen molar-refractivity contribution < 1.29 is 19.0 Å². The molecule has 134 valence electrons. The largest absolute Gasteiger partial charge is 0.497 e. The fourth-order valence-electron chi connectivity index (χ4n) is 2.50. The van der Waals surface area contributed by atoms with Gasteiger partial charge in [0, 0.05) is 13.7 Å². The van der Waals surface area contributed by atoms with Gasteiger partial charge in [-0.3, -0.25) is 4.79 Å². The van der Waals surface area contributed by atoms with Crippen molar-refractivity contribution in [2.75, 3.05) is 27.4 Å². The van der Waals surface area contributed by atoms with E-state index in [9.17, 15) is 4.79 Å². The molecule has 5 nitrogen and oxygen atoms in total. The Morgan fingerprint density at radius 1 is 1.08 bits per heavy atom. The first kappa shape index (κ1) is 18.8. The smallest absolute Gasteiger partial charge is 0.224 e. The van der Waals surface area contributed by atoms with Crippen molar-refractivity contribution in [1.29, 1.82) is 0 Å². The predicted molar refractivity (Wildman–Crippen MR) is 97.1 cm³/mol. The Bertz CT molecular complexity index is 670. The Morgan fingerprint density at radius 2 is 1.84 bits per heavy atom. The molecule has 1 unspecified atom stereocenters. The lowest BCUT2D eigenvalue weighted by Gasteiger charge is -2.17. The van der Waals surface area contributed by atoms with Crippen LogP contribution in [0.15, 0.2) is 48.5 Å². The van der Waals surface area contributed by atoms with Gasteiger partial charge in [0.15, 0.2) is 0 Å². The Hall–Kier alpha value is -2.53. The predicted octanol–water partition coefficient (Wildman–Crippen LogP) is 3.14. The van der Waals surface area contributed by atoms with Crippen LogP contribution in [0.3, 0.4) is 0 Å². The molecule has 0 aliphatic heterocycles. The minimum Gasteiger partial charge on any atom is -0.497 e. The minimum absolute atomic E-state index is 0.0471. The van der Waals surface area contributed by atoms with Crippen LogP contribution in [0.2, 0.25) is 0 Å². The van der Waals surface area contributed by atoms with Crippen LogP contribution in [0.4, 0.5) is 0 Å². The highest BCUT2D eigenvalue weighted by molar-refractivity contribution is 5.78. The third-order valence-electron chi connectivity index (χ3n) is 3.83. The van der Waals surface area contributed by atoms with Crippen LogP contribution in [0.1, 0.15) is 24.2 Å². The lowest BCUT2D eigenvalue weighted by molar-refractivity contribution is -0.121. The van der Waals surface area contributed by atoms with Gasteiger partial charge in [-0.25, -0.2) is 0 Å². The van der Waals surface area contributed by atoms with Gasteiger partial charge in [-0.1, -0.05) is 24.3 Å². The summed E-state index contributed by atoms with van der Waals surface area (Å²) >= 11 is 0. The van der Waals surface area contributed by atoms with Crippen LogP contribution in [-0.2, 0) is 16.0 Å². The molecule has 1 N–H and O–H groups in total. The maximum absolute atomic E-state index is 12.2. The Balaban J connectivity index is 1.88. The van der Waals surface area contributed by atoms with E-state index in [2.05, 4.69) is 5.32 Å². The van der Waals surface area contributed by atoms with E-state index in [1.54, 1.807) is 14.2 Å². The first-order chi connectivity index (χ1) is 12.2. The molecule has 2 aromatic rings. The number of rotatable bonds is 9. The van der Waals surface area contributed by atoms with Crippen LogP contribution >= 0.6 is 0 Å². The first-order valence-corrected chi connectivity index (χ1v) is 8.31. The van der Waals surface area contributed by atoms with Gasteiger partial charge in [0.1, 0.15) is 11.5 Å². The van der Waals surface area contributed by atoms with Crippen molar-refractivity contribution in [3.05, 3.63) is 59.7 Å². The number of benzene rings is 2. The van der Waals surface area contributed by atoms with E-state index in [4.69, 9.17) is 14.2 Å². The molecule has 0 aromatic heterocycles. The molecule has 25 heavy (non-hydrogen) atoms. The zero-order valence-corrected chi connectivity index (χ0v) is 15.0. The van der Waals surface area contributed by atoms with Gasteiger partial charge < -0.3 is 19.5 Å². The molecule has 0 heterocycles. The normalized spacial score (nSPS) is 11.6. The van der Waals surface area contributed by atoms with Crippen molar-refractivity contribution in [3.8, 4) is 11.5 Å². The molecule has 1 atom stereocenters. The summed E-state index contributed by atoms with van der Waals surface area (Å²) in [7, 11) is 3.25. The fraction of sp³-hybridized carbons (Fsp3) is 0.350. The molecule has 0 aliphatic carbocycles. The number of hydrogen-bond acceptors (Lipinski definition) is 4. The number of carbonyl (C=O) groups excluding carboxylic acids is 1. The standard InChI is InChI=1S/C20H25NO4/c1-4-25-17-10-8-15(9-11-17)12-20(22)21-14-19(24-3)16-6-5-7-18(13-16)23-2/h5-11,13,19H,4,12,14H2,1-3H3,(H,21,22). The van der Waals surface area contributed by atoms with E-state index in [1.807, 2.05) is 55.5 Å². The molecular weight excluding hydrogens is 318 g/mol. The maximum atomic E-state index is 12.2. The molecule has 0 bridgehead atoms. The minimum atomic E-state index is -0.223. The third kappa shape index (κ3) is 5.80. The number of methoxy groups -OCH3 is 2. The van der Waals surface area contributed by atoms with Gasteiger partial charge >= 0.3 is 0 Å². The van der Waals surface area contributed by atoms with E-state index >= 15 is 0 Å². The number of nitrogens with one attached hydrogen (secondary N) is 1. The highest BCUT2D eigenvalue weighted by Crippen LogP contribution is 2.21. The van der Waals surface area contributed by atoms with Crippen molar-refractivity contribution in [1.82, 2.24) is 5.32 Å². The topological polar surface area (TPSA) is 56.8 Å². The number of carbonyl (C=O) groups is 1. The van der Waals surface area contributed by atoms with E-state index in [0.29, 0.717) is 19.6 Å². The molecule has 1 amide bonds. The summed E-state index contributed by atoms with van der Waals surface area (Å²) in [6.45, 7) is 2.97. The summed E-state index contributed by atoms with van der Waals surface area (Å²) in [5.41, 5.74) is 1.90. The quantitative estimate of drug-likeness (QED) is 0.760. The molecule has 0 radical (unpaired) electrons. The molecule has 0 saturated heterocycles. The SMILES string of the molecule is CCOc1ccc(CC(=O)NCC(OC)c2cccc(OC)c2)cc1. The van der Waals surface area contributed by atoms with Crippen LogP contribution in [0.5, 0.6) is 11.5 Å². The summed E-state index contributed by atoms with van der Waals surface area (Å²) in [6.07, 6.45) is 0.0976. The zero-order valence-electron chi connectivity index (χ0n) is 15.0. The lowest BCUT2D eigenvalue weighted by Crippen LogP contribution is -2.30. The Labute approximate surface area is 148 Å². The van der Waals surface area contributed by atoms with E-state index in [0.717, 1.165) is 22.6 Å². The summed E-state index contributed by atoms with van der Waals surface area (Å²) in [5.74, 6) is 1.53. The molecule has 0 aliphatic rings. The van der Waals surface area contributed by atoms with Gasteiger partial charge in [-0.2, -0.15) is 0 Å². The van der Waals surface area contributed by atoms with Gasteiger partial charge in [-0.05, 0) is 42.3 Å². The zero-order chi connectivity index (χ0) is 18.1. The van der Waals surface area contributed by atoms with E-state index in [1.165, 1.54) is 0 Å². The second kappa shape index (κ2) is 9.69. The molecule has 0 saturated carbocycles. The lowest BCUT2D eigenvalue weighted by atomic mass is 10.1. The Kier molecular flexibility index (Phi) is 7.29. The van der Waals surface area contributed by atoms with Gasteiger partial charge in [-0.15, -0.1) is 0 Å². The van der Waals surface area contributed by atoms with Crippen LogP contribution in [-0.4, -0.2) is 33.3 Å². The summed E-state index contributed by atoms with van der Waals surface area (Å²) in [6, 6.07) is 15.2. The fourth-order valence-corrected chi connectivity index (χ4v) is 2.50. The number of hydrogen-bond donors (Lipinski definition) is 1. The Morgan fingerprint density at radius 3 is 2.48 bits per heavy atom. The van der Waals surface area contributed by atoms with E-state index < -0.39 is 0 Å². The molecule has 0 spiro atoms. The van der Waals surface area contributed by atoms with Crippen molar-refractivity contribution in [3.63, 3.8) is 0 Å². The van der Waals surface area contributed by atoms with Crippen molar-refractivity contribution in [2.24, 2.45) is 0 Å². The van der Waals surface area contributed by atoms with Crippen LogP contribution in [0.25, 0.3) is 0 Å².